The highest BCUT2D eigenvalue weighted by atomic mass is 32.2. The molecule has 1 aliphatic heterocycles. The standard InChI is InChI=1S/C21H24N4O3S/c1-16-8-9-17(2)19(14-16)29(26,27)25-12-10-24(11-13-25)15-20-22-23-21(28-20)18-6-4-3-5-7-18/h3-9,14H,10-13,15H2,1-2H3. The van der Waals surface area contributed by atoms with Gasteiger partial charge in [-0.15, -0.1) is 10.2 Å². The van der Waals surface area contributed by atoms with Crippen LogP contribution in [0.3, 0.4) is 0 Å². The summed E-state index contributed by atoms with van der Waals surface area (Å²) in [7, 11) is -3.49. The van der Waals surface area contributed by atoms with Crippen LogP contribution >= 0.6 is 0 Å². The second-order valence-electron chi connectivity index (χ2n) is 7.32. The van der Waals surface area contributed by atoms with Crippen LogP contribution in [0.25, 0.3) is 11.5 Å². The summed E-state index contributed by atoms with van der Waals surface area (Å²) in [5.41, 5.74) is 2.60. The van der Waals surface area contributed by atoms with Crippen LogP contribution in [0.5, 0.6) is 0 Å². The van der Waals surface area contributed by atoms with E-state index >= 15 is 0 Å². The molecule has 2 heterocycles. The topological polar surface area (TPSA) is 79.5 Å². The quantitative estimate of drug-likeness (QED) is 0.641. The first-order valence-electron chi connectivity index (χ1n) is 9.61. The molecule has 0 spiro atoms. The number of hydrogen-bond donors (Lipinski definition) is 0. The fourth-order valence-electron chi connectivity index (χ4n) is 3.46. The monoisotopic (exact) mass is 412 g/mol. The molecule has 0 bridgehead atoms. The average Bonchev–Trinajstić information content (AvgIpc) is 3.19. The van der Waals surface area contributed by atoms with E-state index in [0.29, 0.717) is 49.4 Å². The van der Waals surface area contributed by atoms with Gasteiger partial charge >= 0.3 is 0 Å². The Balaban J connectivity index is 1.40. The van der Waals surface area contributed by atoms with Crippen molar-refractivity contribution in [3.63, 3.8) is 0 Å². The maximum Gasteiger partial charge on any atom is 0.247 e. The van der Waals surface area contributed by atoms with Gasteiger partial charge in [0.15, 0.2) is 0 Å². The van der Waals surface area contributed by atoms with Gasteiger partial charge in [-0.05, 0) is 43.2 Å². The smallest absolute Gasteiger partial charge is 0.247 e. The molecule has 152 valence electrons. The molecule has 0 N–H and O–H groups in total. The summed E-state index contributed by atoms with van der Waals surface area (Å²) in [5.74, 6) is 1.03. The van der Waals surface area contributed by atoms with Gasteiger partial charge in [-0.1, -0.05) is 30.3 Å². The Hall–Kier alpha value is -2.55. The molecule has 0 aliphatic carbocycles. The lowest BCUT2D eigenvalue weighted by Gasteiger charge is -2.33. The number of aryl methyl sites for hydroxylation is 2. The zero-order valence-corrected chi connectivity index (χ0v) is 17.4. The number of rotatable bonds is 5. The third-order valence-electron chi connectivity index (χ3n) is 5.14. The minimum absolute atomic E-state index is 0.398. The number of sulfonamides is 1. The van der Waals surface area contributed by atoms with Crippen molar-refractivity contribution in [1.82, 2.24) is 19.4 Å². The van der Waals surface area contributed by atoms with E-state index in [4.69, 9.17) is 4.42 Å². The predicted octanol–water partition coefficient (Wildman–Crippen LogP) is 2.86. The molecule has 29 heavy (non-hydrogen) atoms. The Morgan fingerprint density at radius 3 is 2.41 bits per heavy atom. The van der Waals surface area contributed by atoms with Crippen LogP contribution in [0.2, 0.25) is 0 Å². The summed E-state index contributed by atoms with van der Waals surface area (Å²) < 4.78 is 33.4. The van der Waals surface area contributed by atoms with E-state index in [-0.39, 0.29) is 0 Å². The molecule has 3 aromatic rings. The van der Waals surface area contributed by atoms with Gasteiger partial charge < -0.3 is 4.42 Å². The molecular formula is C21H24N4O3S. The van der Waals surface area contributed by atoms with Crippen LogP contribution < -0.4 is 0 Å². The van der Waals surface area contributed by atoms with Gasteiger partial charge in [0.2, 0.25) is 21.8 Å². The average molecular weight is 413 g/mol. The summed E-state index contributed by atoms with van der Waals surface area (Å²) in [6, 6.07) is 15.2. The largest absolute Gasteiger partial charge is 0.419 e. The third kappa shape index (κ3) is 4.24. The van der Waals surface area contributed by atoms with Gasteiger partial charge in [0.1, 0.15) is 0 Å². The summed E-state index contributed by atoms with van der Waals surface area (Å²) in [6.45, 7) is 6.37. The number of piperazine rings is 1. The predicted molar refractivity (Wildman–Crippen MR) is 110 cm³/mol. The molecule has 1 saturated heterocycles. The first-order valence-corrected chi connectivity index (χ1v) is 11.0. The third-order valence-corrected chi connectivity index (χ3v) is 7.18. The van der Waals surface area contributed by atoms with Crippen molar-refractivity contribution in [2.75, 3.05) is 26.2 Å². The summed E-state index contributed by atoms with van der Waals surface area (Å²) in [4.78, 5) is 2.53. The van der Waals surface area contributed by atoms with Gasteiger partial charge in [-0.3, -0.25) is 4.90 Å². The molecule has 8 heteroatoms. The Morgan fingerprint density at radius 2 is 1.69 bits per heavy atom. The van der Waals surface area contributed by atoms with E-state index in [0.717, 1.165) is 16.7 Å². The van der Waals surface area contributed by atoms with Gasteiger partial charge in [0.25, 0.3) is 0 Å². The van der Waals surface area contributed by atoms with Gasteiger partial charge in [-0.2, -0.15) is 4.31 Å². The number of benzene rings is 2. The normalized spacial score (nSPS) is 16.2. The van der Waals surface area contributed by atoms with Gasteiger partial charge in [0.05, 0.1) is 11.4 Å². The molecule has 0 amide bonds. The molecule has 0 saturated carbocycles. The van der Waals surface area contributed by atoms with Crippen molar-refractivity contribution < 1.29 is 12.8 Å². The summed E-state index contributed by atoms with van der Waals surface area (Å²) in [5, 5.41) is 8.25. The molecule has 0 atom stereocenters. The molecule has 1 fully saturated rings. The second-order valence-corrected chi connectivity index (χ2v) is 9.22. The zero-order chi connectivity index (χ0) is 20.4. The van der Waals surface area contributed by atoms with E-state index in [1.165, 1.54) is 0 Å². The van der Waals surface area contributed by atoms with Gasteiger partial charge in [0, 0.05) is 31.7 Å². The summed E-state index contributed by atoms with van der Waals surface area (Å²) >= 11 is 0. The second kappa shape index (κ2) is 8.06. The van der Waals surface area contributed by atoms with E-state index in [1.807, 2.05) is 56.3 Å². The lowest BCUT2D eigenvalue weighted by atomic mass is 10.2. The van der Waals surface area contributed by atoms with Crippen molar-refractivity contribution in [2.24, 2.45) is 0 Å². The number of hydrogen-bond acceptors (Lipinski definition) is 6. The van der Waals surface area contributed by atoms with Crippen molar-refractivity contribution >= 4 is 10.0 Å². The number of aromatic nitrogens is 2. The molecule has 7 nitrogen and oxygen atoms in total. The maximum absolute atomic E-state index is 13.1. The van der Waals surface area contributed by atoms with Crippen molar-refractivity contribution in [3.05, 3.63) is 65.5 Å². The highest BCUT2D eigenvalue weighted by Crippen LogP contribution is 2.23. The van der Waals surface area contributed by atoms with Crippen molar-refractivity contribution in [3.8, 4) is 11.5 Å². The Labute approximate surface area is 171 Å². The van der Waals surface area contributed by atoms with Gasteiger partial charge in [-0.25, -0.2) is 8.42 Å². The van der Waals surface area contributed by atoms with E-state index in [2.05, 4.69) is 15.1 Å². The fraction of sp³-hybridized carbons (Fsp3) is 0.333. The fourth-order valence-corrected chi connectivity index (χ4v) is 5.19. The van der Waals surface area contributed by atoms with E-state index < -0.39 is 10.0 Å². The lowest BCUT2D eigenvalue weighted by Crippen LogP contribution is -2.48. The Kier molecular flexibility index (Phi) is 5.49. The van der Waals surface area contributed by atoms with Crippen LogP contribution in [-0.4, -0.2) is 54.0 Å². The maximum atomic E-state index is 13.1. The molecule has 1 aliphatic rings. The first-order chi connectivity index (χ1) is 13.9. The molecule has 1 aromatic heterocycles. The molecule has 2 aromatic carbocycles. The minimum Gasteiger partial charge on any atom is -0.419 e. The number of nitrogens with zero attached hydrogens (tertiary/aromatic N) is 4. The van der Waals surface area contributed by atoms with Crippen molar-refractivity contribution in [2.45, 2.75) is 25.3 Å². The Bertz CT molecular complexity index is 1090. The van der Waals surface area contributed by atoms with Crippen LogP contribution in [-0.2, 0) is 16.6 Å². The molecule has 0 radical (unpaired) electrons. The summed E-state index contributed by atoms with van der Waals surface area (Å²) in [6.07, 6.45) is 0. The highest BCUT2D eigenvalue weighted by Gasteiger charge is 2.30. The SMILES string of the molecule is Cc1ccc(C)c(S(=O)(=O)N2CCN(Cc3nnc(-c4ccccc4)o3)CC2)c1. The van der Waals surface area contributed by atoms with E-state index in [1.54, 1.807) is 10.4 Å². The lowest BCUT2D eigenvalue weighted by molar-refractivity contribution is 0.168. The van der Waals surface area contributed by atoms with E-state index in [9.17, 15) is 8.42 Å². The molecule has 0 unspecified atom stereocenters. The molecular weight excluding hydrogens is 388 g/mol. The van der Waals surface area contributed by atoms with Crippen LogP contribution in [0.15, 0.2) is 57.8 Å². The van der Waals surface area contributed by atoms with Crippen LogP contribution in [0.4, 0.5) is 0 Å². The van der Waals surface area contributed by atoms with Crippen LogP contribution in [0, 0.1) is 13.8 Å². The highest BCUT2D eigenvalue weighted by molar-refractivity contribution is 7.89. The van der Waals surface area contributed by atoms with Crippen LogP contribution in [0.1, 0.15) is 17.0 Å². The first kappa shape index (κ1) is 19.8. The minimum atomic E-state index is -3.49. The molecule has 4 rings (SSSR count). The Morgan fingerprint density at radius 1 is 0.966 bits per heavy atom. The zero-order valence-electron chi connectivity index (χ0n) is 16.6. The van der Waals surface area contributed by atoms with Crippen molar-refractivity contribution in [1.29, 1.82) is 0 Å².